The number of morpholine rings is 1. The molecule has 1 aromatic heterocycles. The summed E-state index contributed by atoms with van der Waals surface area (Å²) >= 11 is 0. The van der Waals surface area contributed by atoms with Crippen LogP contribution in [0.25, 0.3) is 0 Å². The third kappa shape index (κ3) is 2.58. The van der Waals surface area contributed by atoms with E-state index in [9.17, 15) is 23.8 Å². The molecule has 26 heavy (non-hydrogen) atoms. The number of ether oxygens (including phenoxy) is 1. The van der Waals surface area contributed by atoms with Crippen LogP contribution in [0, 0.1) is 6.92 Å². The van der Waals surface area contributed by atoms with Gasteiger partial charge < -0.3 is 14.5 Å². The topological polar surface area (TPSA) is 140 Å². The second-order valence-corrected chi connectivity index (χ2v) is 7.83. The lowest BCUT2D eigenvalue weighted by Gasteiger charge is -2.34. The van der Waals surface area contributed by atoms with Crippen molar-refractivity contribution in [2.24, 2.45) is 0 Å². The number of aromatic amines is 1. The van der Waals surface area contributed by atoms with Crippen LogP contribution in [0.3, 0.4) is 0 Å². The summed E-state index contributed by atoms with van der Waals surface area (Å²) in [4.78, 5) is 49.7. The molecule has 11 nitrogen and oxygen atoms in total. The fourth-order valence-electron chi connectivity index (χ4n) is 3.54. The van der Waals surface area contributed by atoms with Gasteiger partial charge in [-0.05, 0) is 13.3 Å². The van der Waals surface area contributed by atoms with E-state index in [1.165, 1.54) is 25.1 Å². The Bertz CT molecular complexity index is 910. The zero-order valence-electron chi connectivity index (χ0n) is 14.7. The SMILES string of the molecule is CC[C@@]12O[C@@H](n3cc(C)c(=O)[nH]c3=O)C(C1OP(=O)(O)OC)N(C)C2=O. The van der Waals surface area contributed by atoms with E-state index in [4.69, 9.17) is 9.26 Å². The molecule has 5 atom stereocenters. The smallest absolute Gasteiger partial charge is 0.336 e. The quantitative estimate of drug-likeness (QED) is 0.642. The Kier molecular flexibility index (Phi) is 4.48. The summed E-state index contributed by atoms with van der Waals surface area (Å²) in [5, 5.41) is 0. The lowest BCUT2D eigenvalue weighted by molar-refractivity contribution is -0.175. The highest BCUT2D eigenvalue weighted by Gasteiger charge is 2.70. The molecule has 2 fully saturated rings. The molecule has 1 amide bonds. The number of likely N-dealkylation sites (tertiary alicyclic amines) is 1. The molecule has 0 saturated carbocycles. The number of aryl methyl sites for hydroxylation is 1. The Hall–Kier alpha value is -1.78. The van der Waals surface area contributed by atoms with Gasteiger partial charge in [-0.2, -0.15) is 0 Å². The van der Waals surface area contributed by atoms with Crippen molar-refractivity contribution in [3.8, 4) is 0 Å². The first-order valence-corrected chi connectivity index (χ1v) is 9.41. The molecule has 0 spiro atoms. The van der Waals surface area contributed by atoms with Crippen LogP contribution in [0.15, 0.2) is 15.8 Å². The third-order valence-corrected chi connectivity index (χ3v) is 5.90. The van der Waals surface area contributed by atoms with Gasteiger partial charge in [-0.15, -0.1) is 0 Å². The van der Waals surface area contributed by atoms with Gasteiger partial charge in [0.15, 0.2) is 11.8 Å². The molecule has 0 aliphatic carbocycles. The number of phosphoric ester groups is 1. The molecule has 2 bridgehead atoms. The molecule has 1 aromatic rings. The number of amides is 1. The van der Waals surface area contributed by atoms with Crippen molar-refractivity contribution in [2.45, 2.75) is 44.2 Å². The second-order valence-electron chi connectivity index (χ2n) is 6.31. The monoisotopic (exact) mass is 389 g/mol. The first-order valence-electron chi connectivity index (χ1n) is 7.92. The highest BCUT2D eigenvalue weighted by Crippen LogP contribution is 2.55. The lowest BCUT2D eigenvalue weighted by Crippen LogP contribution is -2.50. The Morgan fingerprint density at radius 2 is 2.08 bits per heavy atom. The van der Waals surface area contributed by atoms with E-state index < -0.39 is 49.0 Å². The van der Waals surface area contributed by atoms with Crippen LogP contribution in [-0.2, 0) is 23.1 Å². The Morgan fingerprint density at radius 3 is 2.65 bits per heavy atom. The average Bonchev–Trinajstić information content (AvgIpc) is 2.99. The van der Waals surface area contributed by atoms with E-state index >= 15 is 0 Å². The fourth-order valence-corrected chi connectivity index (χ4v) is 4.21. The van der Waals surface area contributed by atoms with Crippen LogP contribution < -0.4 is 11.2 Å². The summed E-state index contributed by atoms with van der Waals surface area (Å²) in [6, 6.07) is -0.860. The normalized spacial score (nSPS) is 32.9. The van der Waals surface area contributed by atoms with Crippen molar-refractivity contribution >= 4 is 13.7 Å². The molecule has 3 rings (SSSR count). The molecule has 3 unspecified atom stereocenters. The number of carbonyl (C=O) groups excluding carboxylic acids is 1. The number of H-pyrrole nitrogens is 1. The number of carbonyl (C=O) groups is 1. The number of nitrogens with one attached hydrogen (secondary N) is 1. The van der Waals surface area contributed by atoms with Crippen molar-refractivity contribution in [1.82, 2.24) is 14.5 Å². The highest BCUT2D eigenvalue weighted by molar-refractivity contribution is 7.47. The Labute approximate surface area is 148 Å². The first-order chi connectivity index (χ1) is 12.1. The molecular weight excluding hydrogens is 369 g/mol. The first kappa shape index (κ1) is 19.0. The summed E-state index contributed by atoms with van der Waals surface area (Å²) in [5.41, 5.74) is -2.51. The third-order valence-electron chi connectivity index (χ3n) is 4.95. The summed E-state index contributed by atoms with van der Waals surface area (Å²) in [7, 11) is -1.91. The standard InChI is InChI=1S/C14H20N3O8P/c1-5-14-9(25-26(21,22)23-4)8(16(3)12(14)19)11(24-14)17-6-7(2)10(18)15-13(17)20/h6,8-9,11H,5H2,1-4H3,(H,21,22)(H,15,18,20)/t8?,9?,11-,14-/m1/s1. The van der Waals surface area contributed by atoms with Gasteiger partial charge in [0, 0.05) is 25.9 Å². The molecular formula is C14H20N3O8P. The minimum atomic E-state index is -4.42. The molecule has 0 aromatic carbocycles. The van der Waals surface area contributed by atoms with Crippen LogP contribution in [0.5, 0.6) is 0 Å². The molecule has 2 aliphatic heterocycles. The van der Waals surface area contributed by atoms with Gasteiger partial charge >= 0.3 is 13.5 Å². The minimum absolute atomic E-state index is 0.147. The number of hydrogen-bond donors (Lipinski definition) is 2. The number of hydrogen-bond acceptors (Lipinski definition) is 7. The maximum absolute atomic E-state index is 12.7. The van der Waals surface area contributed by atoms with Gasteiger partial charge in [0.1, 0.15) is 12.1 Å². The molecule has 2 saturated heterocycles. The minimum Gasteiger partial charge on any atom is -0.336 e. The molecule has 3 heterocycles. The van der Waals surface area contributed by atoms with Crippen molar-refractivity contribution in [3.05, 3.63) is 32.6 Å². The van der Waals surface area contributed by atoms with E-state index in [0.717, 1.165) is 11.7 Å². The Morgan fingerprint density at radius 1 is 1.42 bits per heavy atom. The summed E-state index contributed by atoms with van der Waals surface area (Å²) in [6.07, 6.45) is -0.665. The molecule has 144 valence electrons. The Balaban J connectivity index is 2.11. The number of likely N-dealkylation sites (N-methyl/N-ethyl adjacent to an activating group) is 1. The predicted octanol–water partition coefficient (Wildman–Crippen LogP) is -0.505. The number of aromatic nitrogens is 2. The van der Waals surface area contributed by atoms with Crippen LogP contribution in [0.1, 0.15) is 25.1 Å². The van der Waals surface area contributed by atoms with Crippen molar-refractivity contribution < 1.29 is 28.0 Å². The van der Waals surface area contributed by atoms with Crippen molar-refractivity contribution in [2.75, 3.05) is 14.2 Å². The molecule has 0 radical (unpaired) electrons. The van der Waals surface area contributed by atoms with E-state index in [2.05, 4.69) is 9.51 Å². The summed E-state index contributed by atoms with van der Waals surface area (Å²) in [6.45, 7) is 3.19. The van der Waals surface area contributed by atoms with E-state index in [0.29, 0.717) is 0 Å². The molecule has 2 aliphatic rings. The van der Waals surface area contributed by atoms with Gasteiger partial charge in [-0.25, -0.2) is 9.36 Å². The summed E-state index contributed by atoms with van der Waals surface area (Å²) in [5.74, 6) is -0.420. The van der Waals surface area contributed by atoms with Gasteiger partial charge in [-0.1, -0.05) is 6.92 Å². The molecule has 12 heteroatoms. The maximum atomic E-state index is 12.7. The zero-order chi connectivity index (χ0) is 19.4. The number of rotatable bonds is 5. The van der Waals surface area contributed by atoms with E-state index in [1.54, 1.807) is 6.92 Å². The average molecular weight is 389 g/mol. The van der Waals surface area contributed by atoms with Crippen molar-refractivity contribution in [1.29, 1.82) is 0 Å². The largest absolute Gasteiger partial charge is 0.472 e. The van der Waals surface area contributed by atoms with E-state index in [-0.39, 0.29) is 12.0 Å². The second kappa shape index (κ2) is 6.14. The van der Waals surface area contributed by atoms with Crippen LogP contribution >= 0.6 is 7.82 Å². The zero-order valence-corrected chi connectivity index (χ0v) is 15.6. The van der Waals surface area contributed by atoms with Gasteiger partial charge in [-0.3, -0.25) is 28.2 Å². The summed E-state index contributed by atoms with van der Waals surface area (Å²) < 4.78 is 28.7. The fraction of sp³-hybridized carbons (Fsp3) is 0.643. The van der Waals surface area contributed by atoms with Crippen molar-refractivity contribution in [3.63, 3.8) is 0 Å². The van der Waals surface area contributed by atoms with Crippen LogP contribution in [-0.4, -0.2) is 57.2 Å². The van der Waals surface area contributed by atoms with E-state index in [1.807, 2.05) is 0 Å². The van der Waals surface area contributed by atoms with Gasteiger partial charge in [0.25, 0.3) is 11.5 Å². The van der Waals surface area contributed by atoms with Gasteiger partial charge in [0.2, 0.25) is 0 Å². The number of fused-ring (bicyclic) bond motifs is 2. The predicted molar refractivity (Wildman–Crippen MR) is 87.5 cm³/mol. The number of phosphoric acid groups is 1. The lowest BCUT2D eigenvalue weighted by atomic mass is 9.96. The number of nitrogens with zero attached hydrogens (tertiary/aromatic N) is 2. The van der Waals surface area contributed by atoms with Crippen LogP contribution in [0.2, 0.25) is 0 Å². The van der Waals surface area contributed by atoms with Gasteiger partial charge in [0.05, 0.1) is 0 Å². The highest BCUT2D eigenvalue weighted by atomic mass is 31.2. The van der Waals surface area contributed by atoms with Crippen LogP contribution in [0.4, 0.5) is 0 Å². The molecule has 2 N–H and O–H groups in total. The maximum Gasteiger partial charge on any atom is 0.472 e.